The summed E-state index contributed by atoms with van der Waals surface area (Å²) in [4.78, 5) is 0. The van der Waals surface area contributed by atoms with Gasteiger partial charge in [-0.2, -0.15) is 0 Å². The minimum Gasteiger partial charge on any atom is -0.493 e. The Hall–Kier alpha value is -1.09. The molecular weight excluding hydrogens is 217 g/mol. The van der Waals surface area contributed by atoms with E-state index in [1.54, 1.807) is 6.07 Å². The summed E-state index contributed by atoms with van der Waals surface area (Å²) in [6.45, 7) is 9.81. The molecular formula is C14H22FNO. The minimum absolute atomic E-state index is 0.218. The molecule has 1 unspecified atom stereocenters. The molecule has 96 valence electrons. The first-order valence-electron chi connectivity index (χ1n) is 6.11. The van der Waals surface area contributed by atoms with Crippen LogP contribution >= 0.6 is 0 Å². The van der Waals surface area contributed by atoms with Gasteiger partial charge in [0.15, 0.2) is 0 Å². The topological polar surface area (TPSA) is 21.3 Å². The van der Waals surface area contributed by atoms with E-state index in [2.05, 4.69) is 26.1 Å². The zero-order valence-corrected chi connectivity index (χ0v) is 11.1. The molecule has 2 nitrogen and oxygen atoms in total. The third-order valence-corrected chi connectivity index (χ3v) is 2.53. The van der Waals surface area contributed by atoms with Gasteiger partial charge in [-0.05, 0) is 30.7 Å². The van der Waals surface area contributed by atoms with Crippen LogP contribution in [0.4, 0.5) is 4.39 Å². The van der Waals surface area contributed by atoms with E-state index in [-0.39, 0.29) is 5.82 Å². The third-order valence-electron chi connectivity index (χ3n) is 2.53. The van der Waals surface area contributed by atoms with Crippen LogP contribution in [0.2, 0.25) is 0 Å². The smallest absolute Gasteiger partial charge is 0.123 e. The van der Waals surface area contributed by atoms with E-state index in [1.165, 1.54) is 12.1 Å². The predicted molar refractivity (Wildman–Crippen MR) is 68.9 cm³/mol. The Morgan fingerprint density at radius 3 is 2.59 bits per heavy atom. The Kier molecular flexibility index (Phi) is 5.42. The number of nitrogens with one attached hydrogen (secondary N) is 1. The summed E-state index contributed by atoms with van der Waals surface area (Å²) in [6, 6.07) is 5.10. The summed E-state index contributed by atoms with van der Waals surface area (Å²) < 4.78 is 18.6. The molecule has 0 aliphatic heterocycles. The summed E-state index contributed by atoms with van der Waals surface area (Å²) >= 11 is 0. The molecule has 1 aromatic carbocycles. The monoisotopic (exact) mass is 239 g/mol. The van der Waals surface area contributed by atoms with Gasteiger partial charge in [0, 0.05) is 18.5 Å². The molecule has 1 N–H and O–H groups in total. The summed E-state index contributed by atoms with van der Waals surface area (Å²) in [5.74, 6) is 0.981. The van der Waals surface area contributed by atoms with Gasteiger partial charge in [0.2, 0.25) is 0 Å². The van der Waals surface area contributed by atoms with Crippen molar-refractivity contribution in [3.05, 3.63) is 29.6 Å². The number of benzene rings is 1. The van der Waals surface area contributed by atoms with Crippen LogP contribution in [-0.4, -0.2) is 19.2 Å². The van der Waals surface area contributed by atoms with E-state index in [4.69, 9.17) is 4.74 Å². The van der Waals surface area contributed by atoms with Crippen molar-refractivity contribution >= 4 is 0 Å². The number of hydrogen-bond acceptors (Lipinski definition) is 2. The highest BCUT2D eigenvalue weighted by atomic mass is 19.1. The lowest BCUT2D eigenvalue weighted by Gasteiger charge is -2.16. The van der Waals surface area contributed by atoms with Gasteiger partial charge in [-0.15, -0.1) is 0 Å². The van der Waals surface area contributed by atoms with E-state index >= 15 is 0 Å². The van der Waals surface area contributed by atoms with Gasteiger partial charge in [-0.25, -0.2) is 4.39 Å². The van der Waals surface area contributed by atoms with Crippen LogP contribution < -0.4 is 10.1 Å². The second-order valence-electron chi connectivity index (χ2n) is 4.89. The van der Waals surface area contributed by atoms with Gasteiger partial charge in [0.05, 0.1) is 6.61 Å². The molecule has 0 aromatic heterocycles. The quantitative estimate of drug-likeness (QED) is 0.823. The van der Waals surface area contributed by atoms with Gasteiger partial charge in [-0.1, -0.05) is 20.8 Å². The molecule has 0 bridgehead atoms. The Morgan fingerprint density at radius 1 is 1.29 bits per heavy atom. The Labute approximate surface area is 103 Å². The van der Waals surface area contributed by atoms with E-state index in [9.17, 15) is 4.39 Å². The maximum atomic E-state index is 12.9. The second-order valence-corrected chi connectivity index (χ2v) is 4.89. The van der Waals surface area contributed by atoms with Crippen molar-refractivity contribution in [2.75, 3.05) is 13.2 Å². The first kappa shape index (κ1) is 14.0. The second kappa shape index (κ2) is 6.60. The lowest BCUT2D eigenvalue weighted by molar-refractivity contribution is 0.251. The van der Waals surface area contributed by atoms with E-state index in [0.717, 1.165) is 17.9 Å². The van der Waals surface area contributed by atoms with Crippen molar-refractivity contribution < 1.29 is 9.13 Å². The summed E-state index contributed by atoms with van der Waals surface area (Å²) in [5, 5.41) is 3.37. The van der Waals surface area contributed by atoms with Crippen molar-refractivity contribution in [1.82, 2.24) is 5.32 Å². The fourth-order valence-corrected chi connectivity index (χ4v) is 1.50. The summed E-state index contributed by atoms with van der Waals surface area (Å²) in [7, 11) is 0. The highest BCUT2D eigenvalue weighted by molar-refractivity contribution is 5.32. The molecule has 1 atom stereocenters. The molecule has 3 heteroatoms. The van der Waals surface area contributed by atoms with Gasteiger partial charge in [0.1, 0.15) is 11.6 Å². The van der Waals surface area contributed by atoms with E-state index in [1.807, 2.05) is 6.92 Å². The van der Waals surface area contributed by atoms with Crippen LogP contribution in [0, 0.1) is 18.7 Å². The Bertz CT molecular complexity index is 352. The maximum absolute atomic E-state index is 12.9. The lowest BCUT2D eigenvalue weighted by Crippen LogP contribution is -2.30. The van der Waals surface area contributed by atoms with Crippen molar-refractivity contribution in [1.29, 1.82) is 0 Å². The largest absolute Gasteiger partial charge is 0.493 e. The standard InChI is InChI=1S/C14H22FNO/c1-10(2)16-8-11(3)9-17-14-6-5-13(15)7-12(14)4/h5-7,10-11,16H,8-9H2,1-4H3. The fraction of sp³-hybridized carbons (Fsp3) is 0.571. The summed E-state index contributed by atoms with van der Waals surface area (Å²) in [5.41, 5.74) is 0.842. The predicted octanol–water partition coefficient (Wildman–Crippen LogP) is 3.15. The molecule has 0 saturated heterocycles. The number of aryl methyl sites for hydroxylation is 1. The fourth-order valence-electron chi connectivity index (χ4n) is 1.50. The Balaban J connectivity index is 2.39. The summed E-state index contributed by atoms with van der Waals surface area (Å²) in [6.07, 6.45) is 0. The number of halogens is 1. The zero-order valence-electron chi connectivity index (χ0n) is 11.1. The lowest BCUT2D eigenvalue weighted by atomic mass is 10.2. The number of ether oxygens (including phenoxy) is 1. The SMILES string of the molecule is Cc1cc(F)ccc1OCC(C)CNC(C)C. The van der Waals surface area contributed by atoms with Gasteiger partial charge >= 0.3 is 0 Å². The third kappa shape index (κ3) is 5.18. The van der Waals surface area contributed by atoms with Crippen molar-refractivity contribution in [2.24, 2.45) is 5.92 Å². The number of hydrogen-bond donors (Lipinski definition) is 1. The van der Waals surface area contributed by atoms with E-state index in [0.29, 0.717) is 18.6 Å². The molecule has 0 fully saturated rings. The van der Waals surface area contributed by atoms with Crippen LogP contribution in [-0.2, 0) is 0 Å². The zero-order chi connectivity index (χ0) is 12.8. The first-order valence-corrected chi connectivity index (χ1v) is 6.11. The molecule has 17 heavy (non-hydrogen) atoms. The molecule has 0 spiro atoms. The van der Waals surface area contributed by atoms with Crippen LogP contribution in [0.1, 0.15) is 26.3 Å². The van der Waals surface area contributed by atoms with Crippen LogP contribution in [0.15, 0.2) is 18.2 Å². The van der Waals surface area contributed by atoms with Crippen LogP contribution in [0.25, 0.3) is 0 Å². The Morgan fingerprint density at radius 2 is 2.00 bits per heavy atom. The average molecular weight is 239 g/mol. The molecule has 1 aromatic rings. The molecule has 0 aliphatic rings. The van der Waals surface area contributed by atoms with Crippen molar-refractivity contribution in [3.63, 3.8) is 0 Å². The van der Waals surface area contributed by atoms with E-state index < -0.39 is 0 Å². The molecule has 0 amide bonds. The highest BCUT2D eigenvalue weighted by Gasteiger charge is 2.06. The average Bonchev–Trinajstić information content (AvgIpc) is 2.25. The molecule has 0 saturated carbocycles. The van der Waals surface area contributed by atoms with Crippen LogP contribution in [0.3, 0.4) is 0 Å². The van der Waals surface area contributed by atoms with Crippen molar-refractivity contribution in [3.8, 4) is 5.75 Å². The first-order chi connectivity index (χ1) is 7.99. The van der Waals surface area contributed by atoms with Gasteiger partial charge < -0.3 is 10.1 Å². The molecule has 1 rings (SSSR count). The molecule has 0 heterocycles. The van der Waals surface area contributed by atoms with Gasteiger partial charge in [-0.3, -0.25) is 0 Å². The minimum atomic E-state index is -0.218. The van der Waals surface area contributed by atoms with Crippen LogP contribution in [0.5, 0.6) is 5.75 Å². The molecule has 0 aliphatic carbocycles. The normalized spacial score (nSPS) is 12.8. The highest BCUT2D eigenvalue weighted by Crippen LogP contribution is 2.18. The number of rotatable bonds is 6. The maximum Gasteiger partial charge on any atom is 0.123 e. The van der Waals surface area contributed by atoms with Crippen molar-refractivity contribution in [2.45, 2.75) is 33.7 Å². The molecule has 0 radical (unpaired) electrons. The van der Waals surface area contributed by atoms with Gasteiger partial charge in [0.25, 0.3) is 0 Å².